The molecule has 0 saturated carbocycles. The first-order valence-corrected chi connectivity index (χ1v) is 11.0. The molecule has 1 aromatic carbocycles. The Bertz CT molecular complexity index is 938. The van der Waals surface area contributed by atoms with Crippen LogP contribution in [0.3, 0.4) is 0 Å². The van der Waals surface area contributed by atoms with E-state index in [1.807, 2.05) is 20.8 Å². The maximum atomic E-state index is 14.0. The lowest BCUT2D eigenvalue weighted by Crippen LogP contribution is -2.45. The first-order valence-electron chi connectivity index (χ1n) is 10.2. The fourth-order valence-corrected chi connectivity index (χ4v) is 4.30. The Hall–Kier alpha value is -1.77. The number of alkyl carbamates (subject to hydrolysis) is 1. The number of carbonyl (C=O) groups excluding carboxylic acids is 1. The summed E-state index contributed by atoms with van der Waals surface area (Å²) >= 11 is 3.42. The molecule has 0 spiro atoms. The highest BCUT2D eigenvalue weighted by Crippen LogP contribution is 2.30. The van der Waals surface area contributed by atoms with E-state index in [1.54, 1.807) is 13.0 Å². The van der Waals surface area contributed by atoms with E-state index in [9.17, 15) is 14.3 Å². The summed E-state index contributed by atoms with van der Waals surface area (Å²) in [5.74, 6) is -0.293. The number of ether oxygens (including phenoxy) is 1. The van der Waals surface area contributed by atoms with Gasteiger partial charge in [-0.2, -0.15) is 0 Å². The molecule has 1 amide bonds. The van der Waals surface area contributed by atoms with Gasteiger partial charge < -0.3 is 15.2 Å². The molecular weight excluding hydrogens is 453 g/mol. The minimum absolute atomic E-state index is 0.0747. The number of carbonyl (C=O) groups is 1. The molecule has 2 heterocycles. The molecule has 1 saturated heterocycles. The number of aryl methyl sites for hydroxylation is 1. The molecule has 30 heavy (non-hydrogen) atoms. The number of hydrogen-bond donors (Lipinski definition) is 2. The monoisotopic (exact) mass is 481 g/mol. The molecule has 8 heteroatoms. The van der Waals surface area contributed by atoms with Crippen molar-refractivity contribution < 1.29 is 19.0 Å². The van der Waals surface area contributed by atoms with Crippen LogP contribution in [-0.4, -0.2) is 45.8 Å². The molecular formula is C22H29BrFN3O3. The van der Waals surface area contributed by atoms with E-state index in [4.69, 9.17) is 4.74 Å². The first-order chi connectivity index (χ1) is 14.1. The number of hydrogen-bond acceptors (Lipinski definition) is 5. The van der Waals surface area contributed by atoms with E-state index in [-0.39, 0.29) is 24.6 Å². The molecule has 0 radical (unpaired) electrons. The van der Waals surface area contributed by atoms with E-state index < -0.39 is 5.60 Å². The van der Waals surface area contributed by atoms with Crippen LogP contribution in [0.1, 0.15) is 50.3 Å². The molecule has 0 bridgehead atoms. The van der Waals surface area contributed by atoms with Crippen LogP contribution in [-0.2, 0) is 17.9 Å². The second-order valence-corrected chi connectivity index (χ2v) is 9.58. The van der Waals surface area contributed by atoms with Crippen LogP contribution < -0.4 is 5.32 Å². The molecule has 164 valence electrons. The maximum Gasteiger partial charge on any atom is 0.407 e. The van der Waals surface area contributed by atoms with Crippen LogP contribution in [0, 0.1) is 12.7 Å². The highest BCUT2D eigenvalue weighted by Gasteiger charge is 2.25. The molecule has 1 aliphatic rings. The second-order valence-electron chi connectivity index (χ2n) is 8.83. The van der Waals surface area contributed by atoms with Gasteiger partial charge in [-0.15, -0.1) is 0 Å². The van der Waals surface area contributed by atoms with Crippen molar-refractivity contribution in [1.82, 2.24) is 15.2 Å². The second kappa shape index (κ2) is 9.16. The van der Waals surface area contributed by atoms with Crippen LogP contribution in [0.4, 0.5) is 9.18 Å². The van der Waals surface area contributed by atoms with Crippen LogP contribution >= 0.6 is 15.9 Å². The summed E-state index contributed by atoms with van der Waals surface area (Å²) in [4.78, 5) is 18.7. The van der Waals surface area contributed by atoms with E-state index in [0.29, 0.717) is 22.2 Å². The topological polar surface area (TPSA) is 74.7 Å². The van der Waals surface area contributed by atoms with Crippen molar-refractivity contribution in [3.8, 4) is 0 Å². The third kappa shape index (κ3) is 5.47. The average molecular weight is 482 g/mol. The fourth-order valence-electron chi connectivity index (χ4n) is 3.74. The highest BCUT2D eigenvalue weighted by molar-refractivity contribution is 9.10. The molecule has 2 aromatic rings. The molecule has 6 nitrogen and oxygen atoms in total. The predicted molar refractivity (Wildman–Crippen MR) is 118 cm³/mol. The van der Waals surface area contributed by atoms with E-state index in [1.165, 1.54) is 6.07 Å². The number of fused-ring (bicyclic) bond motifs is 1. The number of aliphatic hydroxyl groups is 1. The summed E-state index contributed by atoms with van der Waals surface area (Å²) in [5, 5.41) is 13.7. The normalized spacial score (nSPS) is 16.1. The van der Waals surface area contributed by atoms with Gasteiger partial charge in [0.2, 0.25) is 0 Å². The number of nitrogens with zero attached hydrogens (tertiary/aromatic N) is 2. The summed E-state index contributed by atoms with van der Waals surface area (Å²) in [7, 11) is 0. The van der Waals surface area contributed by atoms with Crippen molar-refractivity contribution in [3.63, 3.8) is 0 Å². The number of halogens is 2. The number of amides is 1. The molecule has 3 rings (SSSR count). The third-order valence-electron chi connectivity index (χ3n) is 5.28. The van der Waals surface area contributed by atoms with Crippen molar-refractivity contribution in [1.29, 1.82) is 0 Å². The molecule has 2 N–H and O–H groups in total. The number of piperidine rings is 1. The predicted octanol–water partition coefficient (Wildman–Crippen LogP) is 4.43. The maximum absolute atomic E-state index is 14.0. The Kier molecular flexibility index (Phi) is 6.99. The van der Waals surface area contributed by atoms with Gasteiger partial charge in [0, 0.05) is 42.7 Å². The standard InChI is InChI=1S/C22H29BrFN3O3/c1-13-9-15-16(17(12-28)20(23)26-19(15)10-18(13)24)11-27-7-5-14(6-8-27)25-21(29)30-22(2,3)4/h9-10,14,28H,5-8,11-12H2,1-4H3,(H,25,29). The lowest BCUT2D eigenvalue weighted by atomic mass is 9.99. The van der Waals surface area contributed by atoms with Crippen LogP contribution in [0.5, 0.6) is 0 Å². The van der Waals surface area contributed by atoms with Crippen molar-refractivity contribution in [2.24, 2.45) is 0 Å². The Balaban J connectivity index is 1.73. The fraction of sp³-hybridized carbons (Fsp3) is 0.545. The number of pyridine rings is 1. The average Bonchev–Trinajstić information content (AvgIpc) is 2.63. The Morgan fingerprint density at radius 3 is 2.60 bits per heavy atom. The van der Waals surface area contributed by atoms with Gasteiger partial charge in [0.1, 0.15) is 16.0 Å². The highest BCUT2D eigenvalue weighted by atomic mass is 79.9. The zero-order valence-electron chi connectivity index (χ0n) is 17.9. The van der Waals surface area contributed by atoms with Gasteiger partial charge in [-0.05, 0) is 73.7 Å². The summed E-state index contributed by atoms with van der Waals surface area (Å²) in [6, 6.07) is 3.32. The summed E-state index contributed by atoms with van der Waals surface area (Å²) < 4.78 is 19.9. The van der Waals surface area contributed by atoms with Crippen molar-refractivity contribution in [2.45, 2.75) is 65.3 Å². The van der Waals surface area contributed by atoms with Gasteiger partial charge in [-0.1, -0.05) is 0 Å². The lowest BCUT2D eigenvalue weighted by Gasteiger charge is -2.33. The first kappa shape index (κ1) is 22.9. The molecule has 0 aliphatic carbocycles. The smallest absolute Gasteiger partial charge is 0.407 e. The number of aliphatic hydroxyl groups excluding tert-OH is 1. The molecule has 1 aromatic heterocycles. The quantitative estimate of drug-likeness (QED) is 0.631. The lowest BCUT2D eigenvalue weighted by molar-refractivity contribution is 0.0477. The Morgan fingerprint density at radius 1 is 1.33 bits per heavy atom. The molecule has 1 aliphatic heterocycles. The van der Waals surface area contributed by atoms with Crippen LogP contribution in [0.15, 0.2) is 16.7 Å². The molecule has 0 atom stereocenters. The van der Waals surface area contributed by atoms with Gasteiger partial charge in [0.25, 0.3) is 0 Å². The summed E-state index contributed by atoms with van der Waals surface area (Å²) in [5.41, 5.74) is 2.29. The summed E-state index contributed by atoms with van der Waals surface area (Å²) in [6.45, 7) is 9.34. The number of rotatable bonds is 4. The molecule has 0 unspecified atom stereocenters. The zero-order valence-corrected chi connectivity index (χ0v) is 19.5. The number of benzene rings is 1. The Morgan fingerprint density at radius 2 is 2.00 bits per heavy atom. The van der Waals surface area contributed by atoms with Crippen LogP contribution in [0.2, 0.25) is 0 Å². The van der Waals surface area contributed by atoms with E-state index in [0.717, 1.165) is 42.4 Å². The van der Waals surface area contributed by atoms with Crippen molar-refractivity contribution in [2.75, 3.05) is 13.1 Å². The number of likely N-dealkylation sites (tertiary alicyclic amines) is 1. The number of nitrogens with one attached hydrogen (secondary N) is 1. The van der Waals surface area contributed by atoms with Crippen LogP contribution in [0.25, 0.3) is 10.9 Å². The van der Waals surface area contributed by atoms with Crippen molar-refractivity contribution in [3.05, 3.63) is 39.2 Å². The SMILES string of the molecule is Cc1cc2c(CN3CCC(NC(=O)OC(C)(C)C)CC3)c(CO)c(Br)nc2cc1F. The largest absolute Gasteiger partial charge is 0.444 e. The minimum atomic E-state index is -0.515. The van der Waals surface area contributed by atoms with Gasteiger partial charge in [0.05, 0.1) is 12.1 Å². The van der Waals surface area contributed by atoms with Gasteiger partial charge in [-0.3, -0.25) is 4.90 Å². The number of aromatic nitrogens is 1. The Labute approximate surface area is 184 Å². The van der Waals surface area contributed by atoms with Gasteiger partial charge >= 0.3 is 6.09 Å². The van der Waals surface area contributed by atoms with Gasteiger partial charge in [0.15, 0.2) is 0 Å². The summed E-state index contributed by atoms with van der Waals surface area (Å²) in [6.07, 6.45) is 1.24. The van der Waals surface area contributed by atoms with E-state index in [2.05, 4.69) is 31.1 Å². The van der Waals surface area contributed by atoms with Gasteiger partial charge in [-0.25, -0.2) is 14.2 Å². The third-order valence-corrected chi connectivity index (χ3v) is 5.94. The van der Waals surface area contributed by atoms with Crippen molar-refractivity contribution >= 4 is 32.9 Å². The minimum Gasteiger partial charge on any atom is -0.444 e. The van der Waals surface area contributed by atoms with E-state index >= 15 is 0 Å². The zero-order chi connectivity index (χ0) is 22.1. The molecule has 1 fully saturated rings.